The van der Waals surface area contributed by atoms with Crippen molar-refractivity contribution in [1.82, 2.24) is 0 Å². The van der Waals surface area contributed by atoms with E-state index in [9.17, 15) is 18.0 Å². The highest BCUT2D eigenvalue weighted by Crippen LogP contribution is 2.27. The van der Waals surface area contributed by atoms with Crippen LogP contribution in [-0.2, 0) is 4.74 Å². The third-order valence-corrected chi connectivity index (χ3v) is 5.32. The molecular weight excluding hydrogens is 419 g/mol. The van der Waals surface area contributed by atoms with Gasteiger partial charge in [-0.25, -0.2) is 4.79 Å². The van der Waals surface area contributed by atoms with Crippen molar-refractivity contribution >= 4 is 11.7 Å². The van der Waals surface area contributed by atoms with Crippen LogP contribution in [0.5, 0.6) is 5.75 Å². The SMILES string of the molecule is O=C(OC1CCCN(c2ccccc2)C1)c1ccc(-c2ccc(OC(F)(F)F)cc2)cc1. The number of carbonyl (C=O) groups excluding carboxylic acids is 1. The third-order valence-electron chi connectivity index (χ3n) is 5.32. The third kappa shape index (κ3) is 5.60. The van der Waals surface area contributed by atoms with E-state index in [-0.39, 0.29) is 17.8 Å². The molecule has 7 heteroatoms. The van der Waals surface area contributed by atoms with E-state index >= 15 is 0 Å². The molecule has 0 aliphatic carbocycles. The molecule has 0 bridgehead atoms. The maximum atomic E-state index is 12.6. The van der Waals surface area contributed by atoms with Gasteiger partial charge in [0.05, 0.1) is 12.1 Å². The van der Waals surface area contributed by atoms with Gasteiger partial charge in [-0.3, -0.25) is 0 Å². The van der Waals surface area contributed by atoms with Gasteiger partial charge in [0.2, 0.25) is 0 Å². The molecule has 4 rings (SSSR count). The summed E-state index contributed by atoms with van der Waals surface area (Å²) in [5.41, 5.74) is 3.03. The number of hydrogen-bond donors (Lipinski definition) is 0. The van der Waals surface area contributed by atoms with Crippen molar-refractivity contribution in [1.29, 1.82) is 0 Å². The lowest BCUT2D eigenvalue weighted by Crippen LogP contribution is -2.40. The molecule has 1 fully saturated rings. The van der Waals surface area contributed by atoms with Crippen LogP contribution < -0.4 is 9.64 Å². The number of hydrogen-bond acceptors (Lipinski definition) is 4. The molecule has 0 radical (unpaired) electrons. The Morgan fingerprint density at radius 2 is 1.50 bits per heavy atom. The zero-order chi connectivity index (χ0) is 22.6. The van der Waals surface area contributed by atoms with Crippen molar-refractivity contribution in [2.75, 3.05) is 18.0 Å². The number of benzene rings is 3. The summed E-state index contributed by atoms with van der Waals surface area (Å²) in [7, 11) is 0. The molecule has 1 heterocycles. The number of carbonyl (C=O) groups is 1. The Kier molecular flexibility index (Phi) is 6.35. The number of rotatable bonds is 5. The molecule has 1 aliphatic heterocycles. The predicted octanol–water partition coefficient (Wildman–Crippen LogP) is 6.08. The maximum Gasteiger partial charge on any atom is 0.573 e. The fourth-order valence-corrected chi connectivity index (χ4v) is 3.77. The topological polar surface area (TPSA) is 38.8 Å². The highest BCUT2D eigenvalue weighted by atomic mass is 19.4. The fraction of sp³-hybridized carbons (Fsp3) is 0.240. The number of anilines is 1. The number of piperidine rings is 1. The zero-order valence-corrected chi connectivity index (χ0v) is 17.2. The van der Waals surface area contributed by atoms with Crippen LogP contribution in [0.4, 0.5) is 18.9 Å². The molecule has 0 saturated carbocycles. The molecule has 32 heavy (non-hydrogen) atoms. The normalized spacial score (nSPS) is 16.5. The van der Waals surface area contributed by atoms with E-state index in [1.807, 2.05) is 30.3 Å². The number of alkyl halides is 3. The molecule has 3 aromatic rings. The first kappa shape index (κ1) is 21.7. The fourth-order valence-electron chi connectivity index (χ4n) is 3.77. The Bertz CT molecular complexity index is 1030. The molecule has 0 aromatic heterocycles. The van der Waals surface area contributed by atoms with Crippen LogP contribution in [0.1, 0.15) is 23.2 Å². The van der Waals surface area contributed by atoms with Gasteiger partial charge in [0, 0.05) is 12.2 Å². The minimum absolute atomic E-state index is 0.183. The molecular formula is C25H22F3NO3. The average Bonchev–Trinajstić information content (AvgIpc) is 2.79. The van der Waals surface area contributed by atoms with Gasteiger partial charge in [0.1, 0.15) is 11.9 Å². The number of ether oxygens (including phenoxy) is 2. The van der Waals surface area contributed by atoms with E-state index in [0.29, 0.717) is 17.7 Å². The van der Waals surface area contributed by atoms with Crippen molar-refractivity contribution < 1.29 is 27.4 Å². The summed E-state index contributed by atoms with van der Waals surface area (Å²) in [6.45, 7) is 1.58. The average molecular weight is 441 g/mol. The van der Waals surface area contributed by atoms with Crippen LogP contribution >= 0.6 is 0 Å². The second-order valence-electron chi connectivity index (χ2n) is 7.60. The summed E-state index contributed by atoms with van der Waals surface area (Å²) in [4.78, 5) is 14.8. The Morgan fingerprint density at radius 1 is 0.875 bits per heavy atom. The monoisotopic (exact) mass is 441 g/mol. The number of para-hydroxylation sites is 1. The zero-order valence-electron chi connectivity index (χ0n) is 17.2. The van der Waals surface area contributed by atoms with Crippen molar-refractivity contribution in [2.24, 2.45) is 0 Å². The van der Waals surface area contributed by atoms with Gasteiger partial charge >= 0.3 is 12.3 Å². The van der Waals surface area contributed by atoms with E-state index in [1.54, 1.807) is 24.3 Å². The van der Waals surface area contributed by atoms with Gasteiger partial charge in [-0.2, -0.15) is 0 Å². The Hall–Kier alpha value is -3.48. The smallest absolute Gasteiger partial charge is 0.457 e. The van der Waals surface area contributed by atoms with Crippen LogP contribution in [0.25, 0.3) is 11.1 Å². The molecule has 4 nitrogen and oxygen atoms in total. The van der Waals surface area contributed by atoms with E-state index in [2.05, 4.69) is 9.64 Å². The second kappa shape index (κ2) is 9.34. The number of nitrogens with zero attached hydrogens (tertiary/aromatic N) is 1. The first-order chi connectivity index (χ1) is 15.4. The standard InChI is InChI=1S/C25H22F3NO3/c26-25(27,28)32-22-14-12-19(13-15-22)18-8-10-20(11-9-18)24(30)31-23-7-4-16-29(17-23)21-5-2-1-3-6-21/h1-3,5-6,8-15,23H,4,7,16-17H2. The largest absolute Gasteiger partial charge is 0.573 e. The summed E-state index contributed by atoms with van der Waals surface area (Å²) >= 11 is 0. The van der Waals surface area contributed by atoms with Crippen LogP contribution in [0.3, 0.4) is 0 Å². The Morgan fingerprint density at radius 3 is 2.12 bits per heavy atom. The minimum atomic E-state index is -4.72. The molecule has 0 spiro atoms. The molecule has 1 unspecified atom stereocenters. The lowest BCUT2D eigenvalue weighted by atomic mass is 10.0. The number of esters is 1. The first-order valence-corrected chi connectivity index (χ1v) is 10.3. The van der Waals surface area contributed by atoms with E-state index in [0.717, 1.165) is 30.6 Å². The summed E-state index contributed by atoms with van der Waals surface area (Å²) in [5, 5.41) is 0. The number of halogens is 3. The van der Waals surface area contributed by atoms with Crippen LogP contribution in [0, 0.1) is 0 Å². The highest BCUT2D eigenvalue weighted by Gasteiger charge is 2.31. The highest BCUT2D eigenvalue weighted by molar-refractivity contribution is 5.90. The van der Waals surface area contributed by atoms with Crippen molar-refractivity contribution in [3.63, 3.8) is 0 Å². The summed E-state index contributed by atoms with van der Waals surface area (Å²) in [6, 6.07) is 22.4. The molecule has 0 N–H and O–H groups in total. The minimum Gasteiger partial charge on any atom is -0.457 e. The maximum absolute atomic E-state index is 12.6. The van der Waals surface area contributed by atoms with Gasteiger partial charge in [-0.05, 0) is 60.4 Å². The first-order valence-electron chi connectivity index (χ1n) is 10.3. The van der Waals surface area contributed by atoms with Crippen molar-refractivity contribution in [3.05, 3.63) is 84.4 Å². The molecule has 1 saturated heterocycles. The van der Waals surface area contributed by atoms with E-state index < -0.39 is 6.36 Å². The van der Waals surface area contributed by atoms with Gasteiger partial charge in [0.15, 0.2) is 0 Å². The van der Waals surface area contributed by atoms with Gasteiger partial charge in [0.25, 0.3) is 0 Å². The van der Waals surface area contributed by atoms with Gasteiger partial charge in [-0.15, -0.1) is 13.2 Å². The van der Waals surface area contributed by atoms with Gasteiger partial charge in [-0.1, -0.05) is 42.5 Å². The molecule has 3 aromatic carbocycles. The van der Waals surface area contributed by atoms with Crippen molar-refractivity contribution in [2.45, 2.75) is 25.3 Å². The Labute approximate surface area is 184 Å². The summed E-state index contributed by atoms with van der Waals surface area (Å²) in [6.07, 6.45) is -3.14. The lowest BCUT2D eigenvalue weighted by Gasteiger charge is -2.34. The Balaban J connectivity index is 1.37. The second-order valence-corrected chi connectivity index (χ2v) is 7.60. The van der Waals surface area contributed by atoms with Gasteiger partial charge < -0.3 is 14.4 Å². The van der Waals surface area contributed by atoms with E-state index in [1.165, 1.54) is 24.3 Å². The summed E-state index contributed by atoms with van der Waals surface area (Å²) < 4.78 is 46.5. The summed E-state index contributed by atoms with van der Waals surface area (Å²) in [5.74, 6) is -0.663. The quantitative estimate of drug-likeness (QED) is 0.450. The predicted molar refractivity (Wildman–Crippen MR) is 116 cm³/mol. The molecule has 1 aliphatic rings. The van der Waals surface area contributed by atoms with Crippen LogP contribution in [0.15, 0.2) is 78.9 Å². The molecule has 0 amide bonds. The van der Waals surface area contributed by atoms with Crippen LogP contribution in [0.2, 0.25) is 0 Å². The van der Waals surface area contributed by atoms with Crippen molar-refractivity contribution in [3.8, 4) is 16.9 Å². The van der Waals surface area contributed by atoms with E-state index in [4.69, 9.17) is 4.74 Å². The molecule has 1 atom stereocenters. The van der Waals surface area contributed by atoms with Crippen LogP contribution in [-0.4, -0.2) is 31.5 Å². The lowest BCUT2D eigenvalue weighted by molar-refractivity contribution is -0.274. The molecule has 166 valence electrons.